The van der Waals surface area contributed by atoms with Crippen LogP contribution < -0.4 is 0 Å². The number of likely N-dealkylation sites (N-methyl/N-ethyl adjacent to an activating group) is 1. The number of carbonyl (C=O) groups excluding carboxylic acids is 1. The molecular weight excluding hydrogens is 210 g/mol. The van der Waals surface area contributed by atoms with Crippen LogP contribution in [0.3, 0.4) is 0 Å². The number of hydrogen-bond acceptors (Lipinski definition) is 1. The highest BCUT2D eigenvalue weighted by Gasteiger charge is 2.11. The first-order chi connectivity index (χ1) is 8.08. The summed E-state index contributed by atoms with van der Waals surface area (Å²) < 4.78 is 0. The van der Waals surface area contributed by atoms with Crippen molar-refractivity contribution in [1.82, 2.24) is 4.90 Å². The lowest BCUT2D eigenvalue weighted by Gasteiger charge is -2.17. The monoisotopic (exact) mass is 233 g/mol. The van der Waals surface area contributed by atoms with Gasteiger partial charge in [0.15, 0.2) is 0 Å². The van der Waals surface area contributed by atoms with E-state index in [9.17, 15) is 4.79 Å². The van der Waals surface area contributed by atoms with E-state index in [2.05, 4.69) is 19.7 Å². The lowest BCUT2D eigenvalue weighted by atomic mass is 10.2. The van der Waals surface area contributed by atoms with Crippen LogP contribution in [0, 0.1) is 0 Å². The molecule has 94 valence electrons. The van der Waals surface area contributed by atoms with E-state index in [1.807, 2.05) is 20.8 Å². The van der Waals surface area contributed by atoms with Gasteiger partial charge in [0.1, 0.15) is 0 Å². The van der Waals surface area contributed by atoms with E-state index in [4.69, 9.17) is 0 Å². The Morgan fingerprint density at radius 3 is 2.12 bits per heavy atom. The van der Waals surface area contributed by atoms with Crippen molar-refractivity contribution in [2.24, 2.45) is 0 Å². The molecule has 0 spiro atoms. The molecule has 0 aromatic carbocycles. The highest BCUT2D eigenvalue weighted by Crippen LogP contribution is 2.08. The predicted molar refractivity (Wildman–Crippen MR) is 76.5 cm³/mol. The Labute approximate surface area is 105 Å². The van der Waals surface area contributed by atoms with E-state index >= 15 is 0 Å². The third-order valence-corrected chi connectivity index (χ3v) is 1.83. The van der Waals surface area contributed by atoms with E-state index in [0.717, 1.165) is 0 Å². The summed E-state index contributed by atoms with van der Waals surface area (Å²) in [6, 6.07) is 0. The quantitative estimate of drug-likeness (QED) is 0.521. The minimum absolute atomic E-state index is 0.152. The third kappa shape index (κ3) is 6.36. The zero-order chi connectivity index (χ0) is 13.8. The van der Waals surface area contributed by atoms with Gasteiger partial charge in [-0.2, -0.15) is 0 Å². The number of hydrogen-bond donors (Lipinski definition) is 0. The van der Waals surface area contributed by atoms with Crippen molar-refractivity contribution in [1.29, 1.82) is 0 Å². The van der Waals surface area contributed by atoms with E-state index in [1.165, 1.54) is 4.90 Å². The maximum atomic E-state index is 11.8. The van der Waals surface area contributed by atoms with Gasteiger partial charge in [-0.25, -0.2) is 0 Å². The van der Waals surface area contributed by atoms with E-state index in [-0.39, 0.29) is 5.91 Å². The Bertz CT molecular complexity index is 335. The molecule has 0 bridgehead atoms. The minimum atomic E-state index is -0.152. The van der Waals surface area contributed by atoms with Crippen LogP contribution in [0.4, 0.5) is 0 Å². The Hall–Kier alpha value is -1.83. The maximum absolute atomic E-state index is 11.8. The van der Waals surface area contributed by atoms with Crippen molar-refractivity contribution in [3.8, 4) is 0 Å². The summed E-state index contributed by atoms with van der Waals surface area (Å²) in [5.41, 5.74) is 1.14. The summed E-state index contributed by atoms with van der Waals surface area (Å²) >= 11 is 0. The molecule has 0 aromatic rings. The van der Waals surface area contributed by atoms with Crippen molar-refractivity contribution in [3.05, 3.63) is 61.4 Å². The van der Waals surface area contributed by atoms with Gasteiger partial charge in [-0.05, 0) is 19.1 Å². The van der Waals surface area contributed by atoms with E-state index in [0.29, 0.717) is 11.3 Å². The molecule has 0 aromatic heterocycles. The molecule has 0 saturated heterocycles. The van der Waals surface area contributed by atoms with Crippen LogP contribution in [-0.4, -0.2) is 17.9 Å². The van der Waals surface area contributed by atoms with Crippen LogP contribution in [0.15, 0.2) is 61.4 Å². The fourth-order valence-electron chi connectivity index (χ4n) is 1.04. The Balaban J connectivity index is 0. The van der Waals surface area contributed by atoms with Crippen LogP contribution in [0.1, 0.15) is 20.8 Å². The number of carbonyl (C=O) groups is 1. The summed E-state index contributed by atoms with van der Waals surface area (Å²) in [4.78, 5) is 13.2. The summed E-state index contributed by atoms with van der Waals surface area (Å²) in [5, 5.41) is 0. The second kappa shape index (κ2) is 10.7. The second-order valence-electron chi connectivity index (χ2n) is 2.92. The van der Waals surface area contributed by atoms with Gasteiger partial charge in [0, 0.05) is 18.3 Å². The maximum Gasteiger partial charge on any atom is 0.257 e. The van der Waals surface area contributed by atoms with Crippen LogP contribution in [0.25, 0.3) is 0 Å². The van der Waals surface area contributed by atoms with Gasteiger partial charge < -0.3 is 4.90 Å². The van der Waals surface area contributed by atoms with Crippen LogP contribution >= 0.6 is 0 Å². The molecule has 0 aliphatic heterocycles. The molecule has 2 heteroatoms. The van der Waals surface area contributed by atoms with E-state index < -0.39 is 0 Å². The smallest absolute Gasteiger partial charge is 0.257 e. The van der Waals surface area contributed by atoms with Gasteiger partial charge in [-0.1, -0.05) is 51.8 Å². The Kier molecular flexibility index (Phi) is 11.0. The predicted octanol–water partition coefficient (Wildman–Crippen LogP) is 3.86. The van der Waals surface area contributed by atoms with Crippen molar-refractivity contribution in [3.63, 3.8) is 0 Å². The first-order valence-corrected chi connectivity index (χ1v) is 5.63. The Morgan fingerprint density at radius 2 is 1.76 bits per heavy atom. The average molecular weight is 233 g/mol. The van der Waals surface area contributed by atoms with Gasteiger partial charge in [0.25, 0.3) is 5.91 Å². The number of rotatable bonds is 5. The van der Waals surface area contributed by atoms with Gasteiger partial charge in [-0.3, -0.25) is 4.79 Å². The Morgan fingerprint density at radius 1 is 1.24 bits per heavy atom. The number of nitrogens with zero attached hydrogens (tertiary/aromatic N) is 1. The second-order valence-corrected chi connectivity index (χ2v) is 2.92. The van der Waals surface area contributed by atoms with Crippen LogP contribution in [0.5, 0.6) is 0 Å². The van der Waals surface area contributed by atoms with Gasteiger partial charge in [0.05, 0.1) is 0 Å². The number of allylic oxidation sites excluding steroid dienone is 4. The molecule has 0 fully saturated rings. The van der Waals surface area contributed by atoms with Crippen LogP contribution in [0.2, 0.25) is 0 Å². The fraction of sp³-hybridized carbons (Fsp3) is 0.267. The number of amides is 1. The lowest BCUT2D eigenvalue weighted by Crippen LogP contribution is -2.25. The average Bonchev–Trinajstić information content (AvgIpc) is 2.36. The zero-order valence-corrected chi connectivity index (χ0v) is 11.4. The molecule has 0 N–H and O–H groups in total. The first kappa shape index (κ1) is 17.6. The molecule has 0 saturated carbocycles. The van der Waals surface area contributed by atoms with Crippen LogP contribution in [-0.2, 0) is 4.79 Å². The molecule has 17 heavy (non-hydrogen) atoms. The van der Waals surface area contributed by atoms with Crippen molar-refractivity contribution < 1.29 is 4.79 Å². The summed E-state index contributed by atoms with van der Waals surface area (Å²) in [6.07, 6.45) is 8.38. The fourth-order valence-corrected chi connectivity index (χ4v) is 1.04. The van der Waals surface area contributed by atoms with Gasteiger partial charge >= 0.3 is 0 Å². The molecule has 0 aliphatic rings. The topological polar surface area (TPSA) is 20.3 Å². The molecule has 0 radical (unpaired) electrons. The van der Waals surface area contributed by atoms with Gasteiger partial charge in [0.2, 0.25) is 0 Å². The molecule has 0 unspecified atom stereocenters. The SMILES string of the molecule is C=C/C=C(\C=C)N(C)C(=O)C(=C)/C=C\C.CC. The largest absolute Gasteiger partial charge is 0.311 e. The molecule has 0 atom stereocenters. The van der Waals surface area contributed by atoms with E-state index in [1.54, 1.807) is 37.4 Å². The first-order valence-electron chi connectivity index (χ1n) is 5.63. The van der Waals surface area contributed by atoms with Crippen molar-refractivity contribution >= 4 is 5.91 Å². The highest BCUT2D eigenvalue weighted by molar-refractivity contribution is 5.96. The molecule has 0 aliphatic carbocycles. The minimum Gasteiger partial charge on any atom is -0.311 e. The third-order valence-electron chi connectivity index (χ3n) is 1.83. The molecule has 1 amide bonds. The summed E-state index contributed by atoms with van der Waals surface area (Å²) in [5.74, 6) is -0.152. The standard InChI is InChI=1S/C13H17NO.C2H6/c1-6-9-11(4)13(15)14(5)12(8-3)10-7-2;1-2/h6-10H,2-4H2,1,5H3;1-2H3/b9-6-,12-10+;. The van der Waals surface area contributed by atoms with Crippen molar-refractivity contribution in [2.75, 3.05) is 7.05 Å². The lowest BCUT2D eigenvalue weighted by molar-refractivity contribution is -0.123. The normalized spacial score (nSPS) is 10.2. The molecule has 2 nitrogen and oxygen atoms in total. The summed E-state index contributed by atoms with van der Waals surface area (Å²) in [7, 11) is 1.67. The van der Waals surface area contributed by atoms with Gasteiger partial charge in [-0.15, -0.1) is 0 Å². The zero-order valence-electron chi connectivity index (χ0n) is 11.4. The molecule has 0 heterocycles. The summed E-state index contributed by atoms with van der Waals surface area (Å²) in [6.45, 7) is 16.7. The highest BCUT2D eigenvalue weighted by atomic mass is 16.2. The van der Waals surface area contributed by atoms with Crippen molar-refractivity contribution in [2.45, 2.75) is 20.8 Å². The molecular formula is C15H23NO. The molecule has 0 rings (SSSR count).